The Labute approximate surface area is 129 Å². The van der Waals surface area contributed by atoms with Gasteiger partial charge in [0, 0.05) is 17.1 Å². The molecule has 0 amide bonds. The molecule has 0 aliphatic carbocycles. The van der Waals surface area contributed by atoms with Crippen LogP contribution in [0.1, 0.15) is 19.4 Å². The molecule has 0 saturated heterocycles. The van der Waals surface area contributed by atoms with Gasteiger partial charge in [0.05, 0.1) is 13.7 Å². The van der Waals surface area contributed by atoms with Crippen molar-refractivity contribution in [2.45, 2.75) is 26.4 Å². The molecule has 4 nitrogen and oxygen atoms in total. The van der Waals surface area contributed by atoms with Crippen molar-refractivity contribution in [3.8, 4) is 11.5 Å². The van der Waals surface area contributed by atoms with Crippen LogP contribution in [0.5, 0.6) is 11.5 Å². The van der Waals surface area contributed by atoms with E-state index < -0.39 is 0 Å². The highest BCUT2D eigenvalue weighted by atomic mass is 79.9. The molecule has 6 heteroatoms. The van der Waals surface area contributed by atoms with Gasteiger partial charge in [0.15, 0.2) is 11.5 Å². The molecule has 0 aromatic heterocycles. The first kappa shape index (κ1) is 18.5. The number of halogens is 2. The van der Waals surface area contributed by atoms with Crippen molar-refractivity contribution in [3.63, 3.8) is 0 Å². The quantitative estimate of drug-likeness (QED) is 0.790. The van der Waals surface area contributed by atoms with E-state index in [1.807, 2.05) is 12.1 Å². The zero-order chi connectivity index (χ0) is 13.5. The monoisotopic (exact) mass is 353 g/mol. The molecular weight excluding hydrogens is 334 g/mol. The highest BCUT2D eigenvalue weighted by Crippen LogP contribution is 2.33. The molecule has 1 aromatic carbocycles. The van der Waals surface area contributed by atoms with Crippen LogP contribution in [0.25, 0.3) is 0 Å². The van der Waals surface area contributed by atoms with Gasteiger partial charge in [-0.3, -0.25) is 0 Å². The van der Waals surface area contributed by atoms with Crippen molar-refractivity contribution in [1.82, 2.24) is 5.32 Å². The maximum atomic E-state index is 8.77. The van der Waals surface area contributed by atoms with Crippen molar-refractivity contribution in [3.05, 3.63) is 22.2 Å². The van der Waals surface area contributed by atoms with Crippen molar-refractivity contribution in [1.29, 1.82) is 0 Å². The molecule has 0 fully saturated rings. The number of aliphatic hydroxyl groups is 1. The Bertz CT molecular complexity index is 388. The Kier molecular flexibility index (Phi) is 9.18. The van der Waals surface area contributed by atoms with Crippen molar-refractivity contribution in [2.24, 2.45) is 0 Å². The molecule has 0 unspecified atom stereocenters. The maximum absolute atomic E-state index is 8.77. The predicted molar refractivity (Wildman–Crippen MR) is 82.5 cm³/mol. The third kappa shape index (κ3) is 5.99. The summed E-state index contributed by atoms with van der Waals surface area (Å²) in [7, 11) is 1.61. The van der Waals surface area contributed by atoms with Gasteiger partial charge in [-0.2, -0.15) is 0 Å². The van der Waals surface area contributed by atoms with Crippen LogP contribution >= 0.6 is 28.3 Å². The number of nitrogens with one attached hydrogen (secondary N) is 1. The van der Waals surface area contributed by atoms with Gasteiger partial charge in [0.2, 0.25) is 0 Å². The van der Waals surface area contributed by atoms with Crippen LogP contribution in [0.3, 0.4) is 0 Å². The summed E-state index contributed by atoms with van der Waals surface area (Å²) in [6, 6.07) is 4.23. The molecule has 0 bridgehead atoms. The summed E-state index contributed by atoms with van der Waals surface area (Å²) in [5.41, 5.74) is 1.11. The maximum Gasteiger partial charge on any atom is 0.162 e. The van der Waals surface area contributed by atoms with E-state index in [0.717, 1.165) is 16.6 Å². The van der Waals surface area contributed by atoms with Crippen LogP contribution in [0.2, 0.25) is 0 Å². The Morgan fingerprint density at radius 1 is 1.32 bits per heavy atom. The smallest absolute Gasteiger partial charge is 0.162 e. The average Bonchev–Trinajstić information content (AvgIpc) is 2.34. The fraction of sp³-hybridized carbons (Fsp3) is 0.538. The van der Waals surface area contributed by atoms with E-state index >= 15 is 0 Å². The van der Waals surface area contributed by atoms with Gasteiger partial charge >= 0.3 is 0 Å². The first-order valence-electron chi connectivity index (χ1n) is 5.92. The fourth-order valence-corrected chi connectivity index (χ4v) is 1.92. The van der Waals surface area contributed by atoms with Crippen molar-refractivity contribution in [2.75, 3.05) is 20.3 Å². The largest absolute Gasteiger partial charge is 0.493 e. The Hall–Kier alpha value is -0.490. The Morgan fingerprint density at radius 3 is 2.53 bits per heavy atom. The zero-order valence-electron chi connectivity index (χ0n) is 11.4. The minimum Gasteiger partial charge on any atom is -0.493 e. The van der Waals surface area contributed by atoms with Gasteiger partial charge < -0.3 is 19.9 Å². The molecule has 0 spiro atoms. The molecular formula is C13H21BrClNO3. The predicted octanol–water partition coefficient (Wildman–Crippen LogP) is 2.75. The number of methoxy groups -OCH3 is 1. The van der Waals surface area contributed by atoms with E-state index in [-0.39, 0.29) is 25.6 Å². The van der Waals surface area contributed by atoms with E-state index in [0.29, 0.717) is 17.5 Å². The SMILES string of the molecule is COc1cc(CNC(C)C)c(Br)cc1OCCO.Cl. The molecule has 0 heterocycles. The normalized spacial score (nSPS) is 10.2. The Morgan fingerprint density at radius 2 is 2.00 bits per heavy atom. The Balaban J connectivity index is 0.00000324. The number of benzene rings is 1. The third-order valence-electron chi connectivity index (χ3n) is 2.38. The van der Waals surface area contributed by atoms with Gasteiger partial charge in [0.25, 0.3) is 0 Å². The van der Waals surface area contributed by atoms with E-state index in [1.54, 1.807) is 7.11 Å². The lowest BCUT2D eigenvalue weighted by molar-refractivity contribution is 0.196. The van der Waals surface area contributed by atoms with E-state index in [1.165, 1.54) is 0 Å². The lowest BCUT2D eigenvalue weighted by Gasteiger charge is -2.15. The number of rotatable bonds is 7. The standard InChI is InChI=1S/C13H20BrNO3.ClH/c1-9(2)15-8-10-6-12(17-3)13(7-11(10)14)18-5-4-16;/h6-7,9,15-16H,4-5,8H2,1-3H3;1H. The first-order chi connectivity index (χ1) is 8.58. The second-order valence-corrected chi connectivity index (χ2v) is 5.06. The lowest BCUT2D eigenvalue weighted by Crippen LogP contribution is -2.22. The summed E-state index contributed by atoms with van der Waals surface area (Å²) in [6.07, 6.45) is 0. The molecule has 0 saturated carbocycles. The summed E-state index contributed by atoms with van der Waals surface area (Å²) in [6.45, 7) is 5.20. The highest BCUT2D eigenvalue weighted by Gasteiger charge is 2.10. The van der Waals surface area contributed by atoms with E-state index in [2.05, 4.69) is 35.1 Å². The number of hydrogen-bond donors (Lipinski definition) is 2. The minimum atomic E-state index is -0.0164. The molecule has 0 atom stereocenters. The van der Waals surface area contributed by atoms with Gasteiger partial charge in [-0.05, 0) is 17.7 Å². The molecule has 0 aliphatic heterocycles. The lowest BCUT2D eigenvalue weighted by atomic mass is 10.2. The molecule has 0 radical (unpaired) electrons. The zero-order valence-corrected chi connectivity index (χ0v) is 13.8. The summed E-state index contributed by atoms with van der Waals surface area (Å²) < 4.78 is 11.7. The molecule has 1 rings (SSSR count). The third-order valence-corrected chi connectivity index (χ3v) is 3.12. The van der Waals surface area contributed by atoms with E-state index in [4.69, 9.17) is 14.6 Å². The molecule has 1 aromatic rings. The summed E-state index contributed by atoms with van der Waals surface area (Å²) >= 11 is 3.51. The van der Waals surface area contributed by atoms with Crippen LogP contribution in [0.15, 0.2) is 16.6 Å². The van der Waals surface area contributed by atoms with Crippen LogP contribution in [0, 0.1) is 0 Å². The molecule has 0 aliphatic rings. The topological polar surface area (TPSA) is 50.7 Å². The van der Waals surface area contributed by atoms with Crippen LogP contribution in [-0.4, -0.2) is 31.5 Å². The molecule has 2 N–H and O–H groups in total. The second-order valence-electron chi connectivity index (χ2n) is 4.20. The number of aliphatic hydroxyl groups excluding tert-OH is 1. The van der Waals surface area contributed by atoms with Gasteiger partial charge in [-0.25, -0.2) is 0 Å². The van der Waals surface area contributed by atoms with Crippen LogP contribution in [-0.2, 0) is 6.54 Å². The molecule has 110 valence electrons. The van der Waals surface area contributed by atoms with Gasteiger partial charge in [-0.15, -0.1) is 12.4 Å². The highest BCUT2D eigenvalue weighted by molar-refractivity contribution is 9.10. The number of ether oxygens (including phenoxy) is 2. The summed E-state index contributed by atoms with van der Waals surface area (Å²) in [5.74, 6) is 1.30. The minimum absolute atomic E-state index is 0. The second kappa shape index (κ2) is 9.42. The van der Waals surface area contributed by atoms with Gasteiger partial charge in [-0.1, -0.05) is 29.8 Å². The van der Waals surface area contributed by atoms with Crippen LogP contribution in [0.4, 0.5) is 0 Å². The van der Waals surface area contributed by atoms with Crippen LogP contribution < -0.4 is 14.8 Å². The average molecular weight is 355 g/mol. The van der Waals surface area contributed by atoms with Gasteiger partial charge in [0.1, 0.15) is 6.61 Å². The summed E-state index contributed by atoms with van der Waals surface area (Å²) in [5, 5.41) is 12.1. The van der Waals surface area contributed by atoms with Crippen molar-refractivity contribution < 1.29 is 14.6 Å². The summed E-state index contributed by atoms with van der Waals surface area (Å²) in [4.78, 5) is 0. The fourth-order valence-electron chi connectivity index (χ4n) is 1.45. The van der Waals surface area contributed by atoms with E-state index in [9.17, 15) is 0 Å². The van der Waals surface area contributed by atoms with Crippen molar-refractivity contribution >= 4 is 28.3 Å². The first-order valence-corrected chi connectivity index (χ1v) is 6.71. The number of hydrogen-bond acceptors (Lipinski definition) is 4. The molecule has 19 heavy (non-hydrogen) atoms.